The second kappa shape index (κ2) is 7.50. The Morgan fingerprint density at radius 2 is 1.81 bits per heavy atom. The fourth-order valence-electron chi connectivity index (χ4n) is 2.89. The number of rotatable bonds is 4. The standard InChI is InChI=1S/C17H19N3O3S3/c1-5-19-15(21)11(16(22)20(6-2)17(19)24)14-18-9-7-8-10(23-3)13(25-4)12(9)26-14/h7-8,18H,5-6H2,1-4H3. The molecule has 6 nitrogen and oxygen atoms in total. The van der Waals surface area contributed by atoms with E-state index in [1.54, 1.807) is 18.9 Å². The van der Waals surface area contributed by atoms with Crippen LogP contribution in [-0.4, -0.2) is 53.2 Å². The van der Waals surface area contributed by atoms with E-state index in [0.29, 0.717) is 18.1 Å². The molecule has 0 atom stereocenters. The molecular weight excluding hydrogens is 390 g/mol. The number of benzene rings is 1. The van der Waals surface area contributed by atoms with E-state index in [4.69, 9.17) is 17.0 Å². The first-order chi connectivity index (χ1) is 12.5. The molecule has 1 saturated heterocycles. The Kier molecular flexibility index (Phi) is 5.50. The number of fused-ring (bicyclic) bond motifs is 1. The highest BCUT2D eigenvalue weighted by molar-refractivity contribution is 8.05. The van der Waals surface area contributed by atoms with E-state index in [1.807, 2.05) is 32.2 Å². The smallest absolute Gasteiger partial charge is 0.268 e. The molecule has 0 aromatic heterocycles. The predicted octanol–water partition coefficient (Wildman–Crippen LogP) is 3.14. The number of hydrogen-bond acceptors (Lipinski definition) is 7. The number of anilines is 1. The highest BCUT2D eigenvalue weighted by atomic mass is 32.2. The number of methoxy groups -OCH3 is 1. The van der Waals surface area contributed by atoms with Crippen molar-refractivity contribution in [2.75, 3.05) is 31.8 Å². The van der Waals surface area contributed by atoms with Crippen LogP contribution in [0, 0.1) is 0 Å². The topological polar surface area (TPSA) is 61.9 Å². The van der Waals surface area contributed by atoms with Crippen molar-refractivity contribution in [1.29, 1.82) is 0 Å². The molecule has 2 amide bonds. The predicted molar refractivity (Wildman–Crippen MR) is 109 cm³/mol. The Balaban J connectivity index is 2.09. The zero-order chi connectivity index (χ0) is 19.0. The SMILES string of the molecule is CCN1C(=O)C(=C2Nc3ccc(OC)c(SC)c3S2)C(=O)N(CC)C1=S. The molecule has 2 aliphatic rings. The minimum Gasteiger partial charge on any atom is -0.496 e. The summed E-state index contributed by atoms with van der Waals surface area (Å²) in [5, 5.41) is 4.04. The Morgan fingerprint density at radius 1 is 1.19 bits per heavy atom. The van der Waals surface area contributed by atoms with Gasteiger partial charge in [-0.3, -0.25) is 19.4 Å². The Morgan fingerprint density at radius 3 is 2.31 bits per heavy atom. The minimum absolute atomic E-state index is 0.134. The molecule has 1 N–H and O–H groups in total. The minimum atomic E-state index is -0.354. The molecule has 0 radical (unpaired) electrons. The first-order valence-electron chi connectivity index (χ1n) is 8.10. The largest absolute Gasteiger partial charge is 0.496 e. The van der Waals surface area contributed by atoms with E-state index in [0.717, 1.165) is 21.2 Å². The van der Waals surface area contributed by atoms with Crippen LogP contribution in [0.25, 0.3) is 0 Å². The van der Waals surface area contributed by atoms with E-state index in [9.17, 15) is 9.59 Å². The summed E-state index contributed by atoms with van der Waals surface area (Å²) in [6.07, 6.45) is 1.97. The van der Waals surface area contributed by atoms with Gasteiger partial charge in [0.25, 0.3) is 11.8 Å². The maximum Gasteiger partial charge on any atom is 0.268 e. The number of likely N-dealkylation sites (N-methyl/N-ethyl adjacent to an activating group) is 2. The number of ether oxygens (including phenoxy) is 1. The summed E-state index contributed by atoms with van der Waals surface area (Å²) in [6.45, 7) is 4.52. The monoisotopic (exact) mass is 409 g/mol. The molecule has 3 rings (SSSR count). The summed E-state index contributed by atoms with van der Waals surface area (Å²) in [4.78, 5) is 30.7. The lowest BCUT2D eigenvalue weighted by atomic mass is 10.1. The fourth-order valence-corrected chi connectivity index (χ4v) is 5.41. The van der Waals surface area contributed by atoms with E-state index >= 15 is 0 Å². The van der Waals surface area contributed by atoms with Crippen molar-refractivity contribution in [3.8, 4) is 5.75 Å². The van der Waals surface area contributed by atoms with Crippen molar-refractivity contribution < 1.29 is 14.3 Å². The molecule has 9 heteroatoms. The summed E-state index contributed by atoms with van der Waals surface area (Å²) < 4.78 is 5.42. The fraction of sp³-hybridized carbons (Fsp3) is 0.353. The van der Waals surface area contributed by atoms with E-state index < -0.39 is 0 Å². The molecule has 0 aliphatic carbocycles. The van der Waals surface area contributed by atoms with Gasteiger partial charge in [0, 0.05) is 13.1 Å². The number of amides is 2. The molecule has 138 valence electrons. The Labute approximate surface area is 166 Å². The van der Waals surface area contributed by atoms with Crippen LogP contribution in [0.4, 0.5) is 5.69 Å². The van der Waals surface area contributed by atoms with Gasteiger partial charge in [-0.15, -0.1) is 11.8 Å². The first-order valence-corrected chi connectivity index (χ1v) is 10.5. The summed E-state index contributed by atoms with van der Waals surface area (Å²) in [5.74, 6) is 0.0602. The van der Waals surface area contributed by atoms with Crippen molar-refractivity contribution in [3.63, 3.8) is 0 Å². The zero-order valence-corrected chi connectivity index (χ0v) is 17.4. The first kappa shape index (κ1) is 19.1. The average Bonchev–Trinajstić information content (AvgIpc) is 3.05. The van der Waals surface area contributed by atoms with Crippen molar-refractivity contribution in [1.82, 2.24) is 9.80 Å². The van der Waals surface area contributed by atoms with Gasteiger partial charge in [0.15, 0.2) is 5.11 Å². The quantitative estimate of drug-likeness (QED) is 0.355. The van der Waals surface area contributed by atoms with Crippen LogP contribution in [0.5, 0.6) is 5.75 Å². The van der Waals surface area contributed by atoms with Gasteiger partial charge in [-0.05, 0) is 44.5 Å². The van der Waals surface area contributed by atoms with Crippen molar-refractivity contribution in [3.05, 3.63) is 22.7 Å². The molecule has 2 aliphatic heterocycles. The summed E-state index contributed by atoms with van der Waals surface area (Å²) in [5.41, 5.74) is 0.997. The highest BCUT2D eigenvalue weighted by Crippen LogP contribution is 2.50. The molecule has 0 saturated carbocycles. The third-order valence-corrected chi connectivity index (χ3v) is 6.71. The van der Waals surface area contributed by atoms with Crippen molar-refractivity contribution in [2.45, 2.75) is 23.6 Å². The van der Waals surface area contributed by atoms with Crippen molar-refractivity contribution in [2.24, 2.45) is 0 Å². The summed E-state index contributed by atoms with van der Waals surface area (Å²) in [7, 11) is 1.63. The molecule has 26 heavy (non-hydrogen) atoms. The van der Waals surface area contributed by atoms with Crippen LogP contribution < -0.4 is 10.1 Å². The van der Waals surface area contributed by atoms with Gasteiger partial charge in [0.1, 0.15) is 11.3 Å². The van der Waals surface area contributed by atoms with Crippen LogP contribution in [-0.2, 0) is 9.59 Å². The highest BCUT2D eigenvalue weighted by Gasteiger charge is 2.41. The van der Waals surface area contributed by atoms with Crippen LogP contribution in [0.15, 0.2) is 32.5 Å². The Hall–Kier alpha value is -1.71. The number of nitrogens with zero attached hydrogens (tertiary/aromatic N) is 2. The molecule has 1 aromatic carbocycles. The Bertz CT molecular complexity index is 810. The second-order valence-corrected chi connectivity index (χ2v) is 7.69. The molecular formula is C17H19N3O3S3. The lowest BCUT2D eigenvalue weighted by Gasteiger charge is -2.35. The number of hydrogen-bond donors (Lipinski definition) is 1. The number of nitrogens with one attached hydrogen (secondary N) is 1. The molecule has 0 bridgehead atoms. The van der Waals surface area contributed by atoms with Gasteiger partial charge < -0.3 is 10.1 Å². The summed E-state index contributed by atoms with van der Waals surface area (Å²) in [6, 6.07) is 3.77. The van der Waals surface area contributed by atoms with Crippen LogP contribution >= 0.6 is 35.7 Å². The summed E-state index contributed by atoms with van der Waals surface area (Å²) >= 11 is 8.26. The van der Waals surface area contributed by atoms with Gasteiger partial charge in [0.05, 0.1) is 27.6 Å². The normalized spacial score (nSPS) is 17.0. The van der Waals surface area contributed by atoms with Gasteiger partial charge in [-0.1, -0.05) is 11.8 Å². The molecule has 2 heterocycles. The number of carbonyl (C=O) groups excluding carboxylic acids is 2. The average molecular weight is 410 g/mol. The number of carbonyl (C=O) groups is 2. The zero-order valence-electron chi connectivity index (χ0n) is 14.9. The van der Waals surface area contributed by atoms with Crippen LogP contribution in [0.3, 0.4) is 0 Å². The number of thioether (sulfide) groups is 2. The van der Waals surface area contributed by atoms with Crippen LogP contribution in [0.1, 0.15) is 13.8 Å². The third kappa shape index (κ3) is 2.87. The van der Waals surface area contributed by atoms with Gasteiger partial charge in [-0.25, -0.2) is 0 Å². The van der Waals surface area contributed by atoms with Crippen LogP contribution in [0.2, 0.25) is 0 Å². The molecule has 0 unspecified atom stereocenters. The molecule has 1 aromatic rings. The van der Waals surface area contributed by atoms with Crippen molar-refractivity contribution >= 4 is 58.4 Å². The lowest BCUT2D eigenvalue weighted by Crippen LogP contribution is -2.56. The number of thiocarbonyl (C=S) groups is 1. The second-order valence-electron chi connectivity index (χ2n) is 5.49. The van der Waals surface area contributed by atoms with Gasteiger partial charge in [-0.2, -0.15) is 0 Å². The van der Waals surface area contributed by atoms with Gasteiger partial charge in [0.2, 0.25) is 0 Å². The van der Waals surface area contributed by atoms with Gasteiger partial charge >= 0.3 is 0 Å². The van der Waals surface area contributed by atoms with E-state index in [1.165, 1.54) is 21.6 Å². The maximum atomic E-state index is 12.9. The maximum absolute atomic E-state index is 12.9. The van der Waals surface area contributed by atoms with E-state index in [2.05, 4.69) is 5.32 Å². The molecule has 0 spiro atoms. The lowest BCUT2D eigenvalue weighted by molar-refractivity contribution is -0.133. The third-order valence-electron chi connectivity index (χ3n) is 4.19. The van der Waals surface area contributed by atoms with E-state index in [-0.39, 0.29) is 22.5 Å². The molecule has 1 fully saturated rings.